The van der Waals surface area contributed by atoms with Gasteiger partial charge in [-0.25, -0.2) is 0 Å². The van der Waals surface area contributed by atoms with Crippen LogP contribution in [0.15, 0.2) is 27.1 Å². The summed E-state index contributed by atoms with van der Waals surface area (Å²) in [6.45, 7) is 2.37. The van der Waals surface area contributed by atoms with E-state index in [0.29, 0.717) is 6.54 Å². The van der Waals surface area contributed by atoms with Crippen LogP contribution in [-0.4, -0.2) is 19.6 Å². The molecule has 0 saturated heterocycles. The van der Waals surface area contributed by atoms with E-state index in [1.807, 2.05) is 25.1 Å². The minimum Gasteiger partial charge on any atom is -0.469 e. The lowest BCUT2D eigenvalue weighted by atomic mass is 10.2. The van der Waals surface area contributed by atoms with Crippen molar-refractivity contribution in [2.75, 3.05) is 19.0 Å². The molecule has 0 aliphatic rings. The Morgan fingerprint density at radius 1 is 1.50 bits per heavy atom. The van der Waals surface area contributed by atoms with Crippen LogP contribution >= 0.6 is 31.9 Å². The Hall–Kier alpha value is -0.550. The van der Waals surface area contributed by atoms with E-state index in [2.05, 4.69) is 41.9 Å². The third kappa shape index (κ3) is 3.79. The Kier molecular flexibility index (Phi) is 5.28. The van der Waals surface area contributed by atoms with Crippen molar-refractivity contribution in [2.45, 2.75) is 6.92 Å². The number of halogens is 2. The molecule has 1 atom stereocenters. The quantitative estimate of drug-likeness (QED) is 0.845. The Labute approximate surface area is 112 Å². The summed E-state index contributed by atoms with van der Waals surface area (Å²) in [5, 5.41) is 3.19. The van der Waals surface area contributed by atoms with Gasteiger partial charge < -0.3 is 10.1 Å². The van der Waals surface area contributed by atoms with E-state index in [9.17, 15) is 4.79 Å². The Morgan fingerprint density at radius 3 is 2.81 bits per heavy atom. The molecule has 1 aromatic rings. The maximum absolute atomic E-state index is 11.2. The van der Waals surface area contributed by atoms with Crippen molar-refractivity contribution in [1.29, 1.82) is 0 Å². The lowest BCUT2D eigenvalue weighted by Crippen LogP contribution is -2.21. The lowest BCUT2D eigenvalue weighted by Gasteiger charge is -2.13. The largest absolute Gasteiger partial charge is 0.469 e. The molecule has 0 aliphatic carbocycles. The van der Waals surface area contributed by atoms with Gasteiger partial charge in [-0.2, -0.15) is 0 Å². The van der Waals surface area contributed by atoms with Crippen LogP contribution in [0.3, 0.4) is 0 Å². The highest BCUT2D eigenvalue weighted by atomic mass is 79.9. The molecule has 0 aromatic heterocycles. The number of methoxy groups -OCH3 is 1. The number of hydrogen-bond donors (Lipinski definition) is 1. The van der Waals surface area contributed by atoms with Gasteiger partial charge in [0.1, 0.15) is 0 Å². The molecule has 0 radical (unpaired) electrons. The lowest BCUT2D eigenvalue weighted by molar-refractivity contribution is -0.144. The number of carbonyl (C=O) groups excluding carboxylic acids is 1. The van der Waals surface area contributed by atoms with Crippen molar-refractivity contribution < 1.29 is 9.53 Å². The molecule has 0 spiro atoms. The Morgan fingerprint density at radius 2 is 2.19 bits per heavy atom. The molecule has 1 N–H and O–H groups in total. The van der Waals surface area contributed by atoms with Gasteiger partial charge in [0.15, 0.2) is 0 Å². The second kappa shape index (κ2) is 6.25. The third-order valence-electron chi connectivity index (χ3n) is 2.13. The topological polar surface area (TPSA) is 38.3 Å². The van der Waals surface area contributed by atoms with Crippen LogP contribution in [0.4, 0.5) is 5.69 Å². The maximum atomic E-state index is 11.2. The van der Waals surface area contributed by atoms with E-state index in [1.54, 1.807) is 0 Å². The van der Waals surface area contributed by atoms with Crippen LogP contribution in [0, 0.1) is 5.92 Å². The van der Waals surface area contributed by atoms with Gasteiger partial charge >= 0.3 is 5.97 Å². The molecular formula is C11H13Br2NO2. The van der Waals surface area contributed by atoms with Crippen LogP contribution in [0.1, 0.15) is 6.92 Å². The first-order valence-electron chi connectivity index (χ1n) is 4.81. The molecule has 1 aromatic carbocycles. The molecule has 0 fully saturated rings. The number of anilines is 1. The van der Waals surface area contributed by atoms with E-state index in [-0.39, 0.29) is 11.9 Å². The van der Waals surface area contributed by atoms with Gasteiger partial charge in [-0.05, 0) is 34.1 Å². The number of ether oxygens (including phenoxy) is 1. The maximum Gasteiger partial charge on any atom is 0.310 e. The van der Waals surface area contributed by atoms with E-state index in [0.717, 1.165) is 14.6 Å². The smallest absolute Gasteiger partial charge is 0.310 e. The Bertz CT molecular complexity index is 382. The predicted molar refractivity (Wildman–Crippen MR) is 71.5 cm³/mol. The zero-order chi connectivity index (χ0) is 12.1. The van der Waals surface area contributed by atoms with E-state index in [1.165, 1.54) is 7.11 Å². The number of nitrogens with one attached hydrogen (secondary N) is 1. The first kappa shape index (κ1) is 13.5. The Balaban J connectivity index is 2.60. The zero-order valence-electron chi connectivity index (χ0n) is 9.09. The molecule has 0 aliphatic heterocycles. The fourth-order valence-electron chi connectivity index (χ4n) is 1.18. The molecule has 0 heterocycles. The summed E-state index contributed by atoms with van der Waals surface area (Å²) in [5.41, 5.74) is 0.949. The van der Waals surface area contributed by atoms with Crippen LogP contribution in [0.2, 0.25) is 0 Å². The summed E-state index contributed by atoms with van der Waals surface area (Å²) >= 11 is 6.83. The summed E-state index contributed by atoms with van der Waals surface area (Å²) in [4.78, 5) is 11.2. The van der Waals surface area contributed by atoms with Gasteiger partial charge in [0.2, 0.25) is 0 Å². The molecule has 3 nitrogen and oxygen atoms in total. The summed E-state index contributed by atoms with van der Waals surface area (Å²) in [6, 6.07) is 5.84. The van der Waals surface area contributed by atoms with Gasteiger partial charge in [-0.1, -0.05) is 22.9 Å². The van der Waals surface area contributed by atoms with Crippen molar-refractivity contribution in [3.05, 3.63) is 27.1 Å². The average molecular weight is 351 g/mol. The van der Waals surface area contributed by atoms with E-state index < -0.39 is 0 Å². The van der Waals surface area contributed by atoms with Crippen LogP contribution in [-0.2, 0) is 9.53 Å². The van der Waals surface area contributed by atoms with Crippen molar-refractivity contribution in [2.24, 2.45) is 5.92 Å². The molecular weight excluding hydrogens is 338 g/mol. The van der Waals surface area contributed by atoms with Gasteiger partial charge in [0.25, 0.3) is 0 Å². The molecule has 0 bridgehead atoms. The second-order valence-corrected chi connectivity index (χ2v) is 5.20. The zero-order valence-corrected chi connectivity index (χ0v) is 12.3. The number of rotatable bonds is 4. The highest BCUT2D eigenvalue weighted by Gasteiger charge is 2.12. The number of esters is 1. The highest BCUT2D eigenvalue weighted by Crippen LogP contribution is 2.26. The minimum atomic E-state index is -0.210. The summed E-state index contributed by atoms with van der Waals surface area (Å²) in [6.07, 6.45) is 0. The minimum absolute atomic E-state index is 0.170. The van der Waals surface area contributed by atoms with Crippen LogP contribution < -0.4 is 5.32 Å². The van der Waals surface area contributed by atoms with Crippen LogP contribution in [0.5, 0.6) is 0 Å². The van der Waals surface area contributed by atoms with Crippen molar-refractivity contribution in [3.8, 4) is 0 Å². The molecule has 1 unspecified atom stereocenters. The predicted octanol–water partition coefficient (Wildman–Crippen LogP) is 3.43. The molecule has 88 valence electrons. The van der Waals surface area contributed by atoms with Gasteiger partial charge in [-0.3, -0.25) is 4.79 Å². The van der Waals surface area contributed by atoms with Gasteiger partial charge in [0, 0.05) is 21.2 Å². The fraction of sp³-hybridized carbons (Fsp3) is 0.364. The molecule has 0 saturated carbocycles. The number of carbonyl (C=O) groups is 1. The van der Waals surface area contributed by atoms with Crippen LogP contribution in [0.25, 0.3) is 0 Å². The average Bonchev–Trinajstić information content (AvgIpc) is 2.28. The first-order valence-corrected chi connectivity index (χ1v) is 6.40. The van der Waals surface area contributed by atoms with E-state index in [4.69, 9.17) is 0 Å². The third-order valence-corrected chi connectivity index (χ3v) is 3.32. The van der Waals surface area contributed by atoms with Crippen molar-refractivity contribution in [3.63, 3.8) is 0 Å². The first-order chi connectivity index (χ1) is 7.54. The van der Waals surface area contributed by atoms with Gasteiger partial charge in [-0.15, -0.1) is 0 Å². The highest BCUT2D eigenvalue weighted by molar-refractivity contribution is 9.11. The molecule has 1 rings (SSSR count). The van der Waals surface area contributed by atoms with Gasteiger partial charge in [0.05, 0.1) is 13.0 Å². The van der Waals surface area contributed by atoms with E-state index >= 15 is 0 Å². The standard InChI is InChI=1S/C11H13Br2NO2/c1-7(11(15)16-2)6-14-10-5-8(12)3-4-9(10)13/h3-5,7,14H,6H2,1-2H3. The summed E-state index contributed by atoms with van der Waals surface area (Å²) < 4.78 is 6.61. The molecule has 5 heteroatoms. The SMILES string of the molecule is COC(=O)C(C)CNc1cc(Br)ccc1Br. The second-order valence-electron chi connectivity index (χ2n) is 3.43. The van der Waals surface area contributed by atoms with Crippen molar-refractivity contribution in [1.82, 2.24) is 0 Å². The normalized spacial score (nSPS) is 12.0. The molecule has 16 heavy (non-hydrogen) atoms. The summed E-state index contributed by atoms with van der Waals surface area (Å²) in [7, 11) is 1.40. The number of hydrogen-bond acceptors (Lipinski definition) is 3. The number of benzene rings is 1. The summed E-state index contributed by atoms with van der Waals surface area (Å²) in [5.74, 6) is -0.380. The molecule has 0 amide bonds. The monoisotopic (exact) mass is 349 g/mol. The van der Waals surface area contributed by atoms with Crippen molar-refractivity contribution >= 4 is 43.5 Å². The fourth-order valence-corrected chi connectivity index (χ4v) is 1.93.